The molecule has 1 aliphatic rings. The molecular weight excluding hydrogens is 356 g/mol. The van der Waals surface area contributed by atoms with Crippen LogP contribution >= 0.6 is 11.8 Å². The van der Waals surface area contributed by atoms with Crippen molar-refractivity contribution in [3.05, 3.63) is 53.1 Å². The average Bonchev–Trinajstić information content (AvgIpc) is 3.04. The predicted molar refractivity (Wildman–Crippen MR) is 113 cm³/mol. The van der Waals surface area contributed by atoms with E-state index in [0.717, 1.165) is 35.7 Å². The van der Waals surface area contributed by atoms with E-state index in [-0.39, 0.29) is 11.8 Å². The summed E-state index contributed by atoms with van der Waals surface area (Å²) >= 11 is 1.70. The number of aryl methyl sites for hydroxylation is 3. The zero-order chi connectivity index (χ0) is 19.4. The average molecular weight is 383 g/mol. The highest BCUT2D eigenvalue weighted by Gasteiger charge is 2.23. The fourth-order valence-corrected chi connectivity index (χ4v) is 4.18. The number of carbonyl (C=O) groups is 2. The van der Waals surface area contributed by atoms with Gasteiger partial charge in [-0.25, -0.2) is 0 Å². The minimum Gasteiger partial charge on any atom is -0.326 e. The molecule has 2 aromatic carbocycles. The highest BCUT2D eigenvalue weighted by Crippen LogP contribution is 2.27. The van der Waals surface area contributed by atoms with Crippen LogP contribution in [0, 0.1) is 20.8 Å². The molecule has 1 N–H and O–H groups in total. The molecule has 0 atom stereocenters. The highest BCUT2D eigenvalue weighted by atomic mass is 32.2. The number of hydrogen-bond acceptors (Lipinski definition) is 3. The number of amides is 2. The van der Waals surface area contributed by atoms with Gasteiger partial charge >= 0.3 is 0 Å². The first kappa shape index (κ1) is 19.5. The summed E-state index contributed by atoms with van der Waals surface area (Å²) in [5.41, 5.74) is 5.29. The Morgan fingerprint density at radius 1 is 1.07 bits per heavy atom. The lowest BCUT2D eigenvalue weighted by Crippen LogP contribution is -2.24. The van der Waals surface area contributed by atoms with Crippen molar-refractivity contribution in [2.45, 2.75) is 44.9 Å². The molecule has 0 aromatic heterocycles. The van der Waals surface area contributed by atoms with Crippen molar-refractivity contribution in [3.63, 3.8) is 0 Å². The number of carbonyl (C=O) groups excluding carboxylic acids is 2. The Labute approximate surface area is 165 Å². The van der Waals surface area contributed by atoms with E-state index in [1.165, 1.54) is 16.0 Å². The van der Waals surface area contributed by atoms with Gasteiger partial charge in [-0.3, -0.25) is 9.59 Å². The molecule has 0 saturated carbocycles. The Kier molecular flexibility index (Phi) is 6.22. The zero-order valence-corrected chi connectivity index (χ0v) is 17.0. The standard InChI is InChI=1S/C22H26N2O2S/c1-15-6-8-19(14-16(15)2)27-12-10-21(25)23-18-7-9-20(17(3)13-18)24-11-4-5-22(24)26/h6-9,13-14H,4-5,10-12H2,1-3H3,(H,23,25). The lowest BCUT2D eigenvalue weighted by Gasteiger charge is -2.19. The first-order valence-electron chi connectivity index (χ1n) is 9.35. The van der Waals surface area contributed by atoms with Crippen LogP contribution in [0.25, 0.3) is 0 Å². The highest BCUT2D eigenvalue weighted by molar-refractivity contribution is 7.99. The van der Waals surface area contributed by atoms with Crippen LogP contribution < -0.4 is 10.2 Å². The van der Waals surface area contributed by atoms with Crippen molar-refractivity contribution in [3.8, 4) is 0 Å². The Morgan fingerprint density at radius 2 is 1.89 bits per heavy atom. The molecule has 0 radical (unpaired) electrons. The van der Waals surface area contributed by atoms with Gasteiger partial charge in [0.15, 0.2) is 0 Å². The van der Waals surface area contributed by atoms with E-state index >= 15 is 0 Å². The second-order valence-corrected chi connectivity index (χ2v) is 8.21. The largest absolute Gasteiger partial charge is 0.326 e. The van der Waals surface area contributed by atoms with E-state index < -0.39 is 0 Å². The van der Waals surface area contributed by atoms with Crippen LogP contribution in [0.15, 0.2) is 41.3 Å². The normalized spacial score (nSPS) is 13.9. The van der Waals surface area contributed by atoms with Crippen molar-refractivity contribution >= 4 is 35.0 Å². The van der Waals surface area contributed by atoms with E-state index in [1.807, 2.05) is 30.0 Å². The third kappa shape index (κ3) is 4.92. The molecule has 2 aromatic rings. The minimum absolute atomic E-state index is 0.00994. The summed E-state index contributed by atoms with van der Waals surface area (Å²) in [7, 11) is 0. The third-order valence-electron chi connectivity index (χ3n) is 4.92. The smallest absolute Gasteiger partial charge is 0.227 e. The summed E-state index contributed by atoms with van der Waals surface area (Å²) < 4.78 is 0. The Morgan fingerprint density at radius 3 is 2.56 bits per heavy atom. The van der Waals surface area contributed by atoms with Crippen LogP contribution in [0.4, 0.5) is 11.4 Å². The summed E-state index contributed by atoms with van der Waals surface area (Å²) in [5.74, 6) is 0.933. The van der Waals surface area contributed by atoms with Gasteiger partial charge in [0.2, 0.25) is 11.8 Å². The number of nitrogens with one attached hydrogen (secondary N) is 1. The Bertz CT molecular complexity index is 863. The predicted octanol–water partition coefficient (Wildman–Crippen LogP) is 4.86. The maximum Gasteiger partial charge on any atom is 0.227 e. The SMILES string of the molecule is Cc1ccc(SCCC(=O)Nc2ccc(N3CCCC3=O)c(C)c2)cc1C. The van der Waals surface area contributed by atoms with Gasteiger partial charge in [0.05, 0.1) is 0 Å². The number of rotatable bonds is 6. The molecular formula is C22H26N2O2S. The zero-order valence-electron chi connectivity index (χ0n) is 16.2. The molecule has 2 amide bonds. The van der Waals surface area contributed by atoms with Crippen LogP contribution in [0.1, 0.15) is 36.0 Å². The first-order chi connectivity index (χ1) is 12.9. The Hall–Kier alpha value is -2.27. The lowest BCUT2D eigenvalue weighted by atomic mass is 10.1. The van der Waals surface area contributed by atoms with E-state index in [4.69, 9.17) is 0 Å². The first-order valence-corrected chi connectivity index (χ1v) is 10.3. The number of thioether (sulfide) groups is 1. The fourth-order valence-electron chi connectivity index (χ4n) is 3.23. The van der Waals surface area contributed by atoms with Gasteiger partial charge in [-0.15, -0.1) is 11.8 Å². The van der Waals surface area contributed by atoms with Gasteiger partial charge in [0.25, 0.3) is 0 Å². The molecule has 1 fully saturated rings. The van der Waals surface area contributed by atoms with Gasteiger partial charge in [-0.2, -0.15) is 0 Å². The molecule has 0 spiro atoms. The molecule has 27 heavy (non-hydrogen) atoms. The summed E-state index contributed by atoms with van der Waals surface area (Å²) in [6, 6.07) is 12.1. The lowest BCUT2D eigenvalue weighted by molar-refractivity contribution is -0.117. The second-order valence-electron chi connectivity index (χ2n) is 7.04. The number of nitrogens with zero attached hydrogens (tertiary/aromatic N) is 1. The molecule has 0 bridgehead atoms. The van der Waals surface area contributed by atoms with E-state index in [0.29, 0.717) is 12.8 Å². The van der Waals surface area contributed by atoms with E-state index in [1.54, 1.807) is 11.8 Å². The minimum atomic E-state index is 0.00994. The monoisotopic (exact) mass is 382 g/mol. The van der Waals surface area contributed by atoms with Crippen molar-refractivity contribution in [1.82, 2.24) is 0 Å². The molecule has 142 valence electrons. The maximum atomic E-state index is 12.2. The van der Waals surface area contributed by atoms with Gasteiger partial charge in [-0.05, 0) is 74.2 Å². The van der Waals surface area contributed by atoms with E-state index in [9.17, 15) is 9.59 Å². The second kappa shape index (κ2) is 8.61. The van der Waals surface area contributed by atoms with Gasteiger partial charge in [0.1, 0.15) is 0 Å². The van der Waals surface area contributed by atoms with Crippen molar-refractivity contribution in [1.29, 1.82) is 0 Å². The molecule has 3 rings (SSSR count). The van der Waals surface area contributed by atoms with Crippen LogP contribution in [-0.4, -0.2) is 24.1 Å². The van der Waals surface area contributed by atoms with Gasteiger partial charge in [-0.1, -0.05) is 6.07 Å². The molecule has 1 saturated heterocycles. The summed E-state index contributed by atoms with van der Waals surface area (Å²) in [6.07, 6.45) is 1.99. The molecule has 4 nitrogen and oxygen atoms in total. The van der Waals surface area contributed by atoms with Crippen LogP contribution in [0.5, 0.6) is 0 Å². The quantitative estimate of drug-likeness (QED) is 0.726. The van der Waals surface area contributed by atoms with Crippen molar-refractivity contribution in [2.24, 2.45) is 0 Å². The number of benzene rings is 2. The summed E-state index contributed by atoms with van der Waals surface area (Å²) in [4.78, 5) is 27.2. The number of anilines is 2. The van der Waals surface area contributed by atoms with Crippen LogP contribution in [0.2, 0.25) is 0 Å². The van der Waals surface area contributed by atoms with Crippen LogP contribution in [0.3, 0.4) is 0 Å². The van der Waals surface area contributed by atoms with Gasteiger partial charge in [0, 0.05) is 41.4 Å². The number of hydrogen-bond donors (Lipinski definition) is 1. The summed E-state index contributed by atoms with van der Waals surface area (Å²) in [5, 5.41) is 2.96. The molecule has 0 unspecified atom stereocenters. The van der Waals surface area contributed by atoms with E-state index in [2.05, 4.69) is 37.4 Å². The van der Waals surface area contributed by atoms with Crippen molar-refractivity contribution < 1.29 is 9.59 Å². The molecule has 1 aliphatic heterocycles. The van der Waals surface area contributed by atoms with Crippen molar-refractivity contribution in [2.75, 3.05) is 22.5 Å². The molecule has 5 heteroatoms. The fraction of sp³-hybridized carbons (Fsp3) is 0.364. The van der Waals surface area contributed by atoms with Gasteiger partial charge < -0.3 is 10.2 Å². The summed E-state index contributed by atoms with van der Waals surface area (Å²) in [6.45, 7) is 6.96. The Balaban J connectivity index is 1.52. The molecule has 1 heterocycles. The maximum absolute atomic E-state index is 12.2. The third-order valence-corrected chi connectivity index (χ3v) is 5.92. The molecule has 0 aliphatic carbocycles. The topological polar surface area (TPSA) is 49.4 Å². The van der Waals surface area contributed by atoms with Crippen LogP contribution in [-0.2, 0) is 9.59 Å².